The first-order chi connectivity index (χ1) is 8.83. The fourth-order valence-corrected chi connectivity index (χ4v) is 3.11. The SMILES string of the molecule is CCOc1cccc(NC2CC3CCC(C2)N3)n1. The van der Waals surface area contributed by atoms with Crippen LogP contribution in [0.2, 0.25) is 0 Å². The van der Waals surface area contributed by atoms with Crippen LogP contribution in [0.1, 0.15) is 32.6 Å². The first-order valence-electron chi connectivity index (χ1n) is 6.96. The van der Waals surface area contributed by atoms with Gasteiger partial charge in [0.25, 0.3) is 0 Å². The molecular formula is C14H21N3O. The van der Waals surface area contributed by atoms with Gasteiger partial charge in [0.05, 0.1) is 6.61 Å². The number of hydrogen-bond acceptors (Lipinski definition) is 4. The molecule has 2 unspecified atom stereocenters. The number of rotatable bonds is 4. The van der Waals surface area contributed by atoms with Gasteiger partial charge in [-0.25, -0.2) is 0 Å². The predicted molar refractivity (Wildman–Crippen MR) is 72.0 cm³/mol. The first kappa shape index (κ1) is 11.8. The standard InChI is InChI=1S/C14H21N3O/c1-2-18-14-5-3-4-13(17-14)16-12-8-10-6-7-11(9-12)15-10/h3-5,10-12,15H,2,6-9H2,1H3,(H,16,17). The summed E-state index contributed by atoms with van der Waals surface area (Å²) in [7, 11) is 0. The van der Waals surface area contributed by atoms with Gasteiger partial charge in [0.2, 0.25) is 5.88 Å². The topological polar surface area (TPSA) is 46.2 Å². The number of pyridine rings is 1. The summed E-state index contributed by atoms with van der Waals surface area (Å²) in [6, 6.07) is 7.88. The van der Waals surface area contributed by atoms with Crippen LogP contribution in [0.3, 0.4) is 0 Å². The molecule has 2 fully saturated rings. The highest BCUT2D eigenvalue weighted by atomic mass is 16.5. The number of fused-ring (bicyclic) bond motifs is 2. The molecule has 1 aromatic rings. The zero-order chi connectivity index (χ0) is 12.4. The first-order valence-corrected chi connectivity index (χ1v) is 6.96. The monoisotopic (exact) mass is 247 g/mol. The minimum Gasteiger partial charge on any atom is -0.478 e. The molecule has 4 nitrogen and oxygen atoms in total. The van der Waals surface area contributed by atoms with Crippen molar-refractivity contribution in [3.05, 3.63) is 18.2 Å². The second kappa shape index (κ2) is 5.14. The van der Waals surface area contributed by atoms with Crippen LogP contribution in [0, 0.1) is 0 Å². The van der Waals surface area contributed by atoms with E-state index in [1.165, 1.54) is 25.7 Å². The average Bonchev–Trinajstić information content (AvgIpc) is 2.70. The van der Waals surface area contributed by atoms with Gasteiger partial charge in [0.15, 0.2) is 0 Å². The Balaban J connectivity index is 1.63. The molecule has 0 spiro atoms. The number of anilines is 1. The lowest BCUT2D eigenvalue weighted by molar-refractivity contribution is 0.327. The van der Waals surface area contributed by atoms with Crippen molar-refractivity contribution in [1.29, 1.82) is 0 Å². The number of aromatic nitrogens is 1. The van der Waals surface area contributed by atoms with E-state index in [-0.39, 0.29) is 0 Å². The lowest BCUT2D eigenvalue weighted by atomic mass is 10.00. The minimum absolute atomic E-state index is 0.549. The van der Waals surface area contributed by atoms with Gasteiger partial charge in [-0.05, 0) is 38.7 Å². The smallest absolute Gasteiger partial charge is 0.215 e. The van der Waals surface area contributed by atoms with Crippen LogP contribution in [-0.4, -0.2) is 29.7 Å². The maximum atomic E-state index is 5.43. The molecule has 0 aliphatic carbocycles. The Kier molecular flexibility index (Phi) is 3.37. The van der Waals surface area contributed by atoms with Gasteiger partial charge in [-0.3, -0.25) is 0 Å². The summed E-state index contributed by atoms with van der Waals surface area (Å²) in [6.07, 6.45) is 5.07. The fourth-order valence-electron chi connectivity index (χ4n) is 3.11. The van der Waals surface area contributed by atoms with Crippen molar-refractivity contribution in [1.82, 2.24) is 10.3 Å². The summed E-state index contributed by atoms with van der Waals surface area (Å²) in [4.78, 5) is 4.47. The quantitative estimate of drug-likeness (QED) is 0.856. The third-order valence-corrected chi connectivity index (χ3v) is 3.84. The third-order valence-electron chi connectivity index (χ3n) is 3.84. The van der Waals surface area contributed by atoms with Gasteiger partial charge in [0.1, 0.15) is 5.82 Å². The van der Waals surface area contributed by atoms with E-state index in [9.17, 15) is 0 Å². The largest absolute Gasteiger partial charge is 0.478 e. The van der Waals surface area contributed by atoms with Crippen LogP contribution < -0.4 is 15.4 Å². The molecule has 1 aromatic heterocycles. The molecule has 4 heteroatoms. The molecule has 2 bridgehead atoms. The zero-order valence-corrected chi connectivity index (χ0v) is 10.9. The number of ether oxygens (including phenoxy) is 1. The molecule has 2 N–H and O–H groups in total. The fraction of sp³-hybridized carbons (Fsp3) is 0.643. The molecule has 2 aliphatic rings. The van der Waals surface area contributed by atoms with Crippen molar-refractivity contribution in [2.45, 2.75) is 50.7 Å². The molecule has 98 valence electrons. The summed E-state index contributed by atoms with van der Waals surface area (Å²) >= 11 is 0. The summed E-state index contributed by atoms with van der Waals surface area (Å²) in [5.41, 5.74) is 0. The Labute approximate surface area is 108 Å². The second-order valence-electron chi connectivity index (χ2n) is 5.24. The van der Waals surface area contributed by atoms with Crippen LogP contribution in [-0.2, 0) is 0 Å². The molecule has 2 atom stereocenters. The number of nitrogens with one attached hydrogen (secondary N) is 2. The van der Waals surface area contributed by atoms with Gasteiger partial charge < -0.3 is 15.4 Å². The van der Waals surface area contributed by atoms with Crippen LogP contribution in [0.5, 0.6) is 5.88 Å². The summed E-state index contributed by atoms with van der Waals surface area (Å²) in [5.74, 6) is 1.65. The van der Waals surface area contributed by atoms with Gasteiger partial charge in [-0.1, -0.05) is 6.07 Å². The second-order valence-corrected chi connectivity index (χ2v) is 5.24. The summed E-state index contributed by atoms with van der Waals surface area (Å²) < 4.78 is 5.43. The molecule has 0 saturated carbocycles. The van der Waals surface area contributed by atoms with E-state index < -0.39 is 0 Å². The van der Waals surface area contributed by atoms with Gasteiger partial charge in [-0.2, -0.15) is 4.98 Å². The van der Waals surface area contributed by atoms with E-state index in [1.54, 1.807) is 0 Å². The molecule has 0 amide bonds. The van der Waals surface area contributed by atoms with Gasteiger partial charge in [-0.15, -0.1) is 0 Å². The molecule has 2 aliphatic heterocycles. The van der Waals surface area contributed by atoms with Crippen molar-refractivity contribution in [3.63, 3.8) is 0 Å². The molecule has 3 heterocycles. The van der Waals surface area contributed by atoms with E-state index in [4.69, 9.17) is 4.74 Å². The number of piperidine rings is 1. The Morgan fingerprint density at radius 3 is 2.83 bits per heavy atom. The minimum atomic E-state index is 0.549. The van der Waals surface area contributed by atoms with Crippen LogP contribution in [0.25, 0.3) is 0 Å². The zero-order valence-electron chi connectivity index (χ0n) is 10.9. The van der Waals surface area contributed by atoms with Crippen LogP contribution in [0.15, 0.2) is 18.2 Å². The van der Waals surface area contributed by atoms with Crippen molar-refractivity contribution in [2.75, 3.05) is 11.9 Å². The molecular weight excluding hydrogens is 226 g/mol. The van der Waals surface area contributed by atoms with Crippen LogP contribution >= 0.6 is 0 Å². The van der Waals surface area contributed by atoms with E-state index in [0.717, 1.165) is 5.82 Å². The number of nitrogens with zero attached hydrogens (tertiary/aromatic N) is 1. The Morgan fingerprint density at radius 1 is 1.33 bits per heavy atom. The maximum absolute atomic E-state index is 5.43. The van der Waals surface area contributed by atoms with Crippen molar-refractivity contribution < 1.29 is 4.74 Å². The van der Waals surface area contributed by atoms with Crippen molar-refractivity contribution >= 4 is 5.82 Å². The highest BCUT2D eigenvalue weighted by molar-refractivity contribution is 5.38. The Morgan fingerprint density at radius 2 is 2.11 bits per heavy atom. The van der Waals surface area contributed by atoms with Crippen LogP contribution in [0.4, 0.5) is 5.82 Å². The lowest BCUT2D eigenvalue weighted by Crippen LogP contribution is -2.43. The molecule has 3 rings (SSSR count). The highest BCUT2D eigenvalue weighted by Gasteiger charge is 2.33. The van der Waals surface area contributed by atoms with Gasteiger partial charge in [0, 0.05) is 24.2 Å². The lowest BCUT2D eigenvalue weighted by Gasteiger charge is -2.30. The summed E-state index contributed by atoms with van der Waals surface area (Å²) in [6.45, 7) is 2.64. The van der Waals surface area contributed by atoms with E-state index >= 15 is 0 Å². The normalized spacial score (nSPS) is 30.2. The Hall–Kier alpha value is -1.29. The molecule has 0 aromatic carbocycles. The van der Waals surface area contributed by atoms with E-state index in [2.05, 4.69) is 15.6 Å². The third kappa shape index (κ3) is 2.58. The molecule has 0 radical (unpaired) electrons. The van der Waals surface area contributed by atoms with E-state index in [1.807, 2.05) is 25.1 Å². The van der Waals surface area contributed by atoms with E-state index in [0.29, 0.717) is 30.6 Å². The van der Waals surface area contributed by atoms with Crippen molar-refractivity contribution in [3.8, 4) is 5.88 Å². The summed E-state index contributed by atoms with van der Waals surface area (Å²) in [5, 5.41) is 7.20. The van der Waals surface area contributed by atoms with Crippen molar-refractivity contribution in [2.24, 2.45) is 0 Å². The Bertz CT molecular complexity index is 398. The average molecular weight is 247 g/mol. The number of hydrogen-bond donors (Lipinski definition) is 2. The van der Waals surface area contributed by atoms with Gasteiger partial charge >= 0.3 is 0 Å². The molecule has 2 saturated heterocycles. The molecule has 18 heavy (non-hydrogen) atoms. The predicted octanol–water partition coefficient (Wildman–Crippen LogP) is 2.18. The maximum Gasteiger partial charge on any atom is 0.215 e. The highest BCUT2D eigenvalue weighted by Crippen LogP contribution is 2.28.